The minimum atomic E-state index is 0.437. The number of benzene rings is 1. The molecule has 0 radical (unpaired) electrons. The second kappa shape index (κ2) is 2.91. The molecule has 1 heterocycles. The number of hydrogen-bond donors (Lipinski definition) is 0. The van der Waals surface area contributed by atoms with E-state index < -0.39 is 0 Å². The van der Waals surface area contributed by atoms with Crippen molar-refractivity contribution in [2.24, 2.45) is 0 Å². The predicted octanol–water partition coefficient (Wildman–Crippen LogP) is 0.876. The van der Waals surface area contributed by atoms with Crippen LogP contribution < -0.4 is 5.46 Å². The largest absolute Gasteiger partial charge is 0.269 e. The van der Waals surface area contributed by atoms with Gasteiger partial charge in [0.1, 0.15) is 7.85 Å². The quantitative estimate of drug-likeness (QED) is 0.583. The SMILES string of the molecule is Bc1cccc2cn(C(C)C)nc12. The molecule has 0 saturated heterocycles. The molecule has 1 aromatic heterocycles. The normalized spacial score (nSPS) is 11.3. The third-order valence-electron chi connectivity index (χ3n) is 2.28. The van der Waals surface area contributed by atoms with E-state index in [2.05, 4.69) is 51.2 Å². The number of fused-ring (bicyclic) bond motifs is 1. The van der Waals surface area contributed by atoms with Crippen LogP contribution in [0.15, 0.2) is 24.4 Å². The zero-order valence-corrected chi connectivity index (χ0v) is 8.28. The first-order chi connectivity index (χ1) is 6.18. The van der Waals surface area contributed by atoms with Gasteiger partial charge in [0.2, 0.25) is 0 Å². The van der Waals surface area contributed by atoms with E-state index in [1.165, 1.54) is 10.8 Å². The van der Waals surface area contributed by atoms with E-state index in [4.69, 9.17) is 0 Å². The van der Waals surface area contributed by atoms with Crippen molar-refractivity contribution in [3.05, 3.63) is 24.4 Å². The van der Waals surface area contributed by atoms with E-state index in [9.17, 15) is 0 Å². The molecular formula is C10H13BN2. The van der Waals surface area contributed by atoms with Gasteiger partial charge in [0.15, 0.2) is 0 Å². The average Bonchev–Trinajstić information content (AvgIpc) is 2.49. The zero-order chi connectivity index (χ0) is 9.42. The molecule has 3 heteroatoms. The highest BCUT2D eigenvalue weighted by Crippen LogP contribution is 2.12. The molecule has 0 saturated carbocycles. The fourth-order valence-electron chi connectivity index (χ4n) is 1.47. The Bertz CT molecular complexity index is 431. The Morgan fingerprint density at radius 2 is 2.15 bits per heavy atom. The van der Waals surface area contributed by atoms with E-state index in [0.717, 1.165) is 5.52 Å². The molecule has 66 valence electrons. The van der Waals surface area contributed by atoms with Crippen LogP contribution in [0, 0.1) is 0 Å². The van der Waals surface area contributed by atoms with E-state index in [0.29, 0.717) is 6.04 Å². The van der Waals surface area contributed by atoms with Gasteiger partial charge in [-0.1, -0.05) is 23.7 Å². The van der Waals surface area contributed by atoms with E-state index >= 15 is 0 Å². The van der Waals surface area contributed by atoms with Crippen LogP contribution >= 0.6 is 0 Å². The van der Waals surface area contributed by atoms with Gasteiger partial charge in [-0.15, -0.1) is 0 Å². The highest BCUT2D eigenvalue weighted by atomic mass is 15.3. The van der Waals surface area contributed by atoms with Crippen LogP contribution in [-0.2, 0) is 0 Å². The summed E-state index contributed by atoms with van der Waals surface area (Å²) in [4.78, 5) is 0. The maximum absolute atomic E-state index is 4.53. The Kier molecular flexibility index (Phi) is 1.87. The van der Waals surface area contributed by atoms with Crippen molar-refractivity contribution in [2.75, 3.05) is 0 Å². The van der Waals surface area contributed by atoms with Crippen molar-refractivity contribution >= 4 is 24.2 Å². The second-order valence-electron chi connectivity index (χ2n) is 3.72. The topological polar surface area (TPSA) is 17.8 Å². The molecule has 0 bridgehead atoms. The molecule has 2 nitrogen and oxygen atoms in total. The summed E-state index contributed by atoms with van der Waals surface area (Å²) in [5.74, 6) is 0. The summed E-state index contributed by atoms with van der Waals surface area (Å²) in [6.07, 6.45) is 2.10. The molecule has 2 aromatic rings. The highest BCUT2D eigenvalue weighted by molar-refractivity contribution is 6.38. The first kappa shape index (κ1) is 8.36. The molecule has 13 heavy (non-hydrogen) atoms. The minimum Gasteiger partial charge on any atom is -0.269 e. The Morgan fingerprint density at radius 3 is 2.77 bits per heavy atom. The summed E-state index contributed by atoms with van der Waals surface area (Å²) in [6, 6.07) is 6.71. The molecule has 0 atom stereocenters. The molecule has 1 aromatic carbocycles. The first-order valence-corrected chi connectivity index (χ1v) is 4.63. The summed E-state index contributed by atoms with van der Waals surface area (Å²) in [6.45, 7) is 4.28. The van der Waals surface area contributed by atoms with Crippen LogP contribution in [0.1, 0.15) is 19.9 Å². The third-order valence-corrected chi connectivity index (χ3v) is 2.28. The summed E-state index contributed by atoms with van der Waals surface area (Å²) in [7, 11) is 2.10. The zero-order valence-electron chi connectivity index (χ0n) is 8.28. The monoisotopic (exact) mass is 172 g/mol. The standard InChI is InChI=1S/C10H13BN2/c1-7(2)13-6-8-4-3-5-9(11)10(8)12-13/h3-7H,11H2,1-2H3. The molecule has 2 rings (SSSR count). The van der Waals surface area contributed by atoms with Crippen molar-refractivity contribution < 1.29 is 0 Å². The number of rotatable bonds is 1. The average molecular weight is 172 g/mol. The fourth-order valence-corrected chi connectivity index (χ4v) is 1.47. The summed E-state index contributed by atoms with van der Waals surface area (Å²) < 4.78 is 2.01. The third kappa shape index (κ3) is 1.35. The molecule has 0 fully saturated rings. The number of aromatic nitrogens is 2. The predicted molar refractivity (Wildman–Crippen MR) is 58.3 cm³/mol. The smallest absolute Gasteiger partial charge is 0.142 e. The molecule has 0 aliphatic rings. The van der Waals surface area contributed by atoms with Gasteiger partial charge in [-0.05, 0) is 13.8 Å². The van der Waals surface area contributed by atoms with Gasteiger partial charge in [0.25, 0.3) is 0 Å². The van der Waals surface area contributed by atoms with Crippen LogP contribution in [0.2, 0.25) is 0 Å². The number of hydrogen-bond acceptors (Lipinski definition) is 1. The lowest BCUT2D eigenvalue weighted by atomic mass is 9.94. The number of nitrogens with zero attached hydrogens (tertiary/aromatic N) is 2. The maximum atomic E-state index is 4.53. The highest BCUT2D eigenvalue weighted by Gasteiger charge is 2.03. The maximum Gasteiger partial charge on any atom is 0.142 e. The first-order valence-electron chi connectivity index (χ1n) is 4.63. The van der Waals surface area contributed by atoms with Gasteiger partial charge in [-0.25, -0.2) is 0 Å². The van der Waals surface area contributed by atoms with Gasteiger partial charge in [0.05, 0.1) is 5.52 Å². The lowest BCUT2D eigenvalue weighted by Crippen LogP contribution is -2.05. The van der Waals surface area contributed by atoms with Crippen molar-refractivity contribution in [3.63, 3.8) is 0 Å². The summed E-state index contributed by atoms with van der Waals surface area (Å²) in [5.41, 5.74) is 2.37. The van der Waals surface area contributed by atoms with Crippen molar-refractivity contribution in [1.29, 1.82) is 0 Å². The van der Waals surface area contributed by atoms with Gasteiger partial charge < -0.3 is 0 Å². The lowest BCUT2D eigenvalue weighted by molar-refractivity contribution is 0.538. The molecule has 0 aliphatic heterocycles. The van der Waals surface area contributed by atoms with Crippen LogP contribution in [-0.4, -0.2) is 17.6 Å². The molecule has 0 unspecified atom stereocenters. The van der Waals surface area contributed by atoms with E-state index in [1.807, 2.05) is 4.68 Å². The minimum absolute atomic E-state index is 0.437. The van der Waals surface area contributed by atoms with Crippen molar-refractivity contribution in [2.45, 2.75) is 19.9 Å². The summed E-state index contributed by atoms with van der Waals surface area (Å²) in [5, 5.41) is 5.76. The Hall–Kier alpha value is -1.25. The van der Waals surface area contributed by atoms with Crippen LogP contribution in [0.25, 0.3) is 10.9 Å². The Balaban J connectivity index is 2.68. The fraction of sp³-hybridized carbons (Fsp3) is 0.300. The van der Waals surface area contributed by atoms with Crippen LogP contribution in [0.4, 0.5) is 0 Å². The van der Waals surface area contributed by atoms with E-state index in [1.54, 1.807) is 0 Å². The van der Waals surface area contributed by atoms with Gasteiger partial charge in [-0.2, -0.15) is 5.10 Å². The van der Waals surface area contributed by atoms with Crippen molar-refractivity contribution in [1.82, 2.24) is 9.78 Å². The Morgan fingerprint density at radius 1 is 1.38 bits per heavy atom. The molecule has 0 amide bonds. The van der Waals surface area contributed by atoms with E-state index in [-0.39, 0.29) is 0 Å². The molecule has 0 N–H and O–H groups in total. The Labute approximate surface area is 79.0 Å². The van der Waals surface area contributed by atoms with Gasteiger partial charge in [0, 0.05) is 17.6 Å². The van der Waals surface area contributed by atoms with Crippen LogP contribution in [0.3, 0.4) is 0 Å². The molecule has 0 aliphatic carbocycles. The van der Waals surface area contributed by atoms with Gasteiger partial charge in [-0.3, -0.25) is 4.68 Å². The van der Waals surface area contributed by atoms with Gasteiger partial charge >= 0.3 is 0 Å². The lowest BCUT2D eigenvalue weighted by Gasteiger charge is -2.02. The molecular weight excluding hydrogens is 159 g/mol. The van der Waals surface area contributed by atoms with Crippen molar-refractivity contribution in [3.8, 4) is 0 Å². The summed E-state index contributed by atoms with van der Waals surface area (Å²) >= 11 is 0. The second-order valence-corrected chi connectivity index (χ2v) is 3.72. The molecule has 0 spiro atoms. The van der Waals surface area contributed by atoms with Crippen LogP contribution in [0.5, 0.6) is 0 Å².